The second-order valence-corrected chi connectivity index (χ2v) is 5.68. The molecular weight excluding hydrogens is 342 g/mol. The van der Waals surface area contributed by atoms with Crippen molar-refractivity contribution in [2.75, 3.05) is 20.3 Å². The Hall–Kier alpha value is -2.68. The van der Waals surface area contributed by atoms with Gasteiger partial charge in [-0.15, -0.1) is 0 Å². The number of methoxy groups -OCH3 is 1. The minimum atomic E-state index is -1.37. The largest absolute Gasteiger partial charge is 0.503 e. The number of benzene rings is 1. The molecule has 1 fully saturated rings. The molecule has 2 N–H and O–H groups in total. The van der Waals surface area contributed by atoms with Crippen LogP contribution in [0.25, 0.3) is 0 Å². The smallest absolute Gasteiger partial charge is 0.358 e. The van der Waals surface area contributed by atoms with Gasteiger partial charge in [-0.2, -0.15) is 0 Å². The maximum absolute atomic E-state index is 11.2. The predicted octanol–water partition coefficient (Wildman–Crippen LogP) is 2.12. The van der Waals surface area contributed by atoms with E-state index in [1.165, 1.54) is 13.2 Å². The number of hydrogen-bond acceptors (Lipinski definition) is 7. The van der Waals surface area contributed by atoms with Gasteiger partial charge in [0.15, 0.2) is 17.2 Å². The van der Waals surface area contributed by atoms with Gasteiger partial charge in [-0.25, -0.2) is 9.78 Å². The monoisotopic (exact) mass is 361 g/mol. The molecule has 2 heterocycles. The lowest BCUT2D eigenvalue weighted by Crippen LogP contribution is -2.18. The molecule has 0 aliphatic carbocycles. The van der Waals surface area contributed by atoms with Crippen LogP contribution in [0.3, 0.4) is 0 Å². The maximum atomic E-state index is 11.2. The van der Waals surface area contributed by atoms with E-state index in [4.69, 9.17) is 24.1 Å². The zero-order valence-electron chi connectivity index (χ0n) is 14.1. The SMILES string of the molecule is COc1cc(C2OCC(COCc3ccccc3)O2)nc(C(=O)O)c1O. The van der Waals surface area contributed by atoms with Crippen molar-refractivity contribution in [3.05, 3.63) is 53.3 Å². The topological polar surface area (TPSA) is 107 Å². The third-order valence-electron chi connectivity index (χ3n) is 3.81. The van der Waals surface area contributed by atoms with Gasteiger partial charge < -0.3 is 29.2 Å². The van der Waals surface area contributed by atoms with Gasteiger partial charge in [0, 0.05) is 6.07 Å². The molecule has 8 nitrogen and oxygen atoms in total. The van der Waals surface area contributed by atoms with Crippen molar-refractivity contribution in [3.8, 4) is 11.5 Å². The van der Waals surface area contributed by atoms with Gasteiger partial charge in [0.2, 0.25) is 6.29 Å². The standard InChI is InChI=1S/C18H19NO7/c1-23-14-7-13(19-15(16(14)20)17(21)22)18-25-10-12(26-18)9-24-8-11-5-3-2-4-6-11/h2-7,12,18,20H,8-10H2,1H3,(H,21,22). The molecule has 1 saturated heterocycles. The van der Waals surface area contributed by atoms with E-state index in [0.717, 1.165) is 5.56 Å². The summed E-state index contributed by atoms with van der Waals surface area (Å²) in [7, 11) is 1.32. The molecule has 8 heteroatoms. The summed E-state index contributed by atoms with van der Waals surface area (Å²) in [6, 6.07) is 11.1. The van der Waals surface area contributed by atoms with Crippen LogP contribution in [-0.2, 0) is 20.8 Å². The molecule has 0 radical (unpaired) electrons. The summed E-state index contributed by atoms with van der Waals surface area (Å²) in [5, 5.41) is 19.0. The van der Waals surface area contributed by atoms with E-state index >= 15 is 0 Å². The summed E-state index contributed by atoms with van der Waals surface area (Å²) in [5.41, 5.74) is 0.747. The Balaban J connectivity index is 1.61. The number of nitrogens with zero attached hydrogens (tertiary/aromatic N) is 1. The van der Waals surface area contributed by atoms with Crippen LogP contribution < -0.4 is 4.74 Å². The van der Waals surface area contributed by atoms with Gasteiger partial charge in [-0.1, -0.05) is 30.3 Å². The number of carboxylic acid groups (broad SMARTS) is 1. The minimum Gasteiger partial charge on any atom is -0.503 e. The summed E-state index contributed by atoms with van der Waals surface area (Å²) >= 11 is 0. The Morgan fingerprint density at radius 3 is 2.81 bits per heavy atom. The maximum Gasteiger partial charge on any atom is 0.358 e. The van der Waals surface area contributed by atoms with E-state index in [2.05, 4.69) is 4.98 Å². The molecule has 2 atom stereocenters. The molecule has 2 unspecified atom stereocenters. The first-order chi connectivity index (χ1) is 12.6. The number of rotatable bonds is 7. The van der Waals surface area contributed by atoms with E-state index in [1.54, 1.807) is 0 Å². The molecule has 26 heavy (non-hydrogen) atoms. The third-order valence-corrected chi connectivity index (χ3v) is 3.81. The van der Waals surface area contributed by atoms with E-state index in [0.29, 0.717) is 13.2 Å². The van der Waals surface area contributed by atoms with Crippen LogP contribution in [0.2, 0.25) is 0 Å². The van der Waals surface area contributed by atoms with Crippen LogP contribution in [-0.4, -0.2) is 47.6 Å². The first-order valence-corrected chi connectivity index (χ1v) is 7.98. The summed E-state index contributed by atoms with van der Waals surface area (Å²) in [4.78, 5) is 15.1. The molecule has 2 aromatic rings. The van der Waals surface area contributed by atoms with Crippen molar-refractivity contribution in [1.82, 2.24) is 4.98 Å². The normalized spacial score (nSPS) is 19.4. The molecule has 1 aromatic heterocycles. The highest BCUT2D eigenvalue weighted by Gasteiger charge is 2.31. The van der Waals surface area contributed by atoms with Crippen LogP contribution in [0, 0.1) is 0 Å². The Morgan fingerprint density at radius 1 is 1.35 bits per heavy atom. The van der Waals surface area contributed by atoms with Gasteiger partial charge in [-0.05, 0) is 5.56 Å². The van der Waals surface area contributed by atoms with E-state index < -0.39 is 23.7 Å². The van der Waals surface area contributed by atoms with Gasteiger partial charge in [-0.3, -0.25) is 0 Å². The van der Waals surface area contributed by atoms with E-state index in [-0.39, 0.29) is 24.2 Å². The van der Waals surface area contributed by atoms with Crippen LogP contribution >= 0.6 is 0 Å². The fourth-order valence-corrected chi connectivity index (χ4v) is 2.53. The quantitative estimate of drug-likeness (QED) is 0.772. The highest BCUT2D eigenvalue weighted by molar-refractivity contribution is 5.89. The third kappa shape index (κ3) is 4.10. The van der Waals surface area contributed by atoms with E-state index in [1.807, 2.05) is 30.3 Å². The highest BCUT2D eigenvalue weighted by Crippen LogP contribution is 2.34. The molecular formula is C18H19NO7. The van der Waals surface area contributed by atoms with Crippen LogP contribution in [0.15, 0.2) is 36.4 Å². The number of aromatic nitrogens is 1. The first-order valence-electron chi connectivity index (χ1n) is 7.98. The molecule has 0 spiro atoms. The zero-order chi connectivity index (χ0) is 18.5. The molecule has 0 saturated carbocycles. The fourth-order valence-electron chi connectivity index (χ4n) is 2.53. The molecule has 1 aliphatic rings. The summed E-state index contributed by atoms with van der Waals surface area (Å²) in [6.45, 7) is 1.07. The second kappa shape index (κ2) is 8.13. The van der Waals surface area contributed by atoms with Crippen LogP contribution in [0.4, 0.5) is 0 Å². The average Bonchev–Trinajstić information content (AvgIpc) is 3.11. The van der Waals surface area contributed by atoms with Crippen molar-refractivity contribution in [2.45, 2.75) is 19.0 Å². The number of hydrogen-bond donors (Lipinski definition) is 2. The number of ether oxygens (including phenoxy) is 4. The molecule has 0 bridgehead atoms. The van der Waals surface area contributed by atoms with Gasteiger partial charge in [0.25, 0.3) is 0 Å². The average molecular weight is 361 g/mol. The second-order valence-electron chi connectivity index (χ2n) is 5.68. The van der Waals surface area contributed by atoms with Gasteiger partial charge in [0.1, 0.15) is 11.8 Å². The van der Waals surface area contributed by atoms with Gasteiger partial charge >= 0.3 is 5.97 Å². The Kier molecular flexibility index (Phi) is 5.67. The number of aromatic carboxylic acids is 1. The lowest BCUT2D eigenvalue weighted by Gasteiger charge is -2.14. The Morgan fingerprint density at radius 2 is 2.12 bits per heavy atom. The summed E-state index contributed by atoms with van der Waals surface area (Å²) < 4.78 is 21.9. The van der Waals surface area contributed by atoms with Crippen molar-refractivity contribution >= 4 is 5.97 Å². The predicted molar refractivity (Wildman–Crippen MR) is 89.1 cm³/mol. The van der Waals surface area contributed by atoms with Gasteiger partial charge in [0.05, 0.1) is 26.9 Å². The van der Waals surface area contributed by atoms with Crippen molar-refractivity contribution in [2.24, 2.45) is 0 Å². The van der Waals surface area contributed by atoms with Crippen LogP contribution in [0.1, 0.15) is 28.0 Å². The minimum absolute atomic E-state index is 0.0108. The van der Waals surface area contributed by atoms with Crippen molar-refractivity contribution in [3.63, 3.8) is 0 Å². The summed E-state index contributed by atoms with van der Waals surface area (Å²) in [6.07, 6.45) is -1.16. The van der Waals surface area contributed by atoms with Crippen LogP contribution in [0.5, 0.6) is 11.5 Å². The number of pyridine rings is 1. The fraction of sp³-hybridized carbons (Fsp3) is 0.333. The van der Waals surface area contributed by atoms with E-state index in [9.17, 15) is 9.90 Å². The number of aromatic hydroxyl groups is 1. The van der Waals surface area contributed by atoms with Crippen molar-refractivity contribution in [1.29, 1.82) is 0 Å². The Labute approximate surface area is 149 Å². The molecule has 138 valence electrons. The number of carbonyl (C=O) groups is 1. The molecule has 0 amide bonds. The first kappa shape index (κ1) is 18.1. The molecule has 3 rings (SSSR count). The molecule has 1 aromatic carbocycles. The highest BCUT2D eigenvalue weighted by atomic mass is 16.7. The lowest BCUT2D eigenvalue weighted by molar-refractivity contribution is -0.0778. The number of carboxylic acids is 1. The molecule has 1 aliphatic heterocycles. The summed E-state index contributed by atoms with van der Waals surface area (Å²) in [5.74, 6) is -1.92. The Bertz CT molecular complexity index is 766. The van der Waals surface area contributed by atoms with Crippen molar-refractivity contribution < 1.29 is 34.0 Å². The lowest BCUT2D eigenvalue weighted by atomic mass is 10.2. The zero-order valence-corrected chi connectivity index (χ0v) is 14.1.